The Hall–Kier alpha value is -1.84. The molecule has 0 nitrogen and oxygen atoms in total. The van der Waals surface area contributed by atoms with Crippen LogP contribution < -0.4 is 0 Å². The van der Waals surface area contributed by atoms with Gasteiger partial charge in [0, 0.05) is 0 Å². The quantitative estimate of drug-likeness (QED) is 0.490. The summed E-state index contributed by atoms with van der Waals surface area (Å²) in [6, 6.07) is 11.0. The van der Waals surface area contributed by atoms with Gasteiger partial charge in [-0.1, -0.05) is 50.1 Å². The Kier molecular flexibility index (Phi) is 5.69. The van der Waals surface area contributed by atoms with E-state index in [4.69, 9.17) is 0 Å². The van der Waals surface area contributed by atoms with Crippen molar-refractivity contribution in [1.29, 1.82) is 0 Å². The van der Waals surface area contributed by atoms with Gasteiger partial charge in [0.1, 0.15) is 5.82 Å². The van der Waals surface area contributed by atoms with Crippen LogP contribution in [0.1, 0.15) is 62.5 Å². The van der Waals surface area contributed by atoms with Crippen LogP contribution >= 0.6 is 0 Å². The Bertz CT molecular complexity index is 723. The summed E-state index contributed by atoms with van der Waals surface area (Å²) in [7, 11) is 0. The first-order valence-electron chi connectivity index (χ1n) is 9.35. The second-order valence-electron chi connectivity index (χ2n) is 7.32. The average molecular weight is 364 g/mol. The third kappa shape index (κ3) is 4.28. The Labute approximate surface area is 152 Å². The van der Waals surface area contributed by atoms with Gasteiger partial charge in [0.05, 0.1) is 5.56 Å². The van der Waals surface area contributed by atoms with E-state index in [0.717, 1.165) is 23.6 Å². The molecule has 1 aliphatic carbocycles. The van der Waals surface area contributed by atoms with Crippen LogP contribution in [0.15, 0.2) is 42.5 Å². The molecule has 0 amide bonds. The van der Waals surface area contributed by atoms with Gasteiger partial charge >= 0.3 is 6.18 Å². The maximum Gasteiger partial charge on any atom is 0.419 e. The maximum atomic E-state index is 13.8. The van der Waals surface area contributed by atoms with E-state index in [1.54, 1.807) is 0 Å². The second kappa shape index (κ2) is 7.81. The average Bonchev–Trinajstić information content (AvgIpc) is 2.62. The molecule has 0 N–H and O–H groups in total. The Balaban J connectivity index is 1.71. The molecule has 0 radical (unpaired) electrons. The topological polar surface area (TPSA) is 0 Å². The third-order valence-corrected chi connectivity index (χ3v) is 5.53. The van der Waals surface area contributed by atoms with Crippen molar-refractivity contribution in [2.75, 3.05) is 0 Å². The van der Waals surface area contributed by atoms with Crippen molar-refractivity contribution in [2.45, 2.75) is 57.5 Å². The van der Waals surface area contributed by atoms with Crippen molar-refractivity contribution in [3.8, 4) is 11.1 Å². The van der Waals surface area contributed by atoms with E-state index in [1.807, 2.05) is 24.3 Å². The molecule has 26 heavy (non-hydrogen) atoms. The van der Waals surface area contributed by atoms with Crippen molar-refractivity contribution in [2.24, 2.45) is 5.92 Å². The highest BCUT2D eigenvalue weighted by molar-refractivity contribution is 5.64. The van der Waals surface area contributed by atoms with Crippen molar-refractivity contribution < 1.29 is 17.6 Å². The minimum atomic E-state index is -4.66. The summed E-state index contributed by atoms with van der Waals surface area (Å²) in [6.45, 7) is 2.23. The van der Waals surface area contributed by atoms with Gasteiger partial charge in [0.25, 0.3) is 0 Å². The summed E-state index contributed by atoms with van der Waals surface area (Å²) in [5.74, 6) is 0.181. The highest BCUT2D eigenvalue weighted by Gasteiger charge is 2.34. The van der Waals surface area contributed by atoms with Crippen LogP contribution in [0.2, 0.25) is 0 Å². The maximum absolute atomic E-state index is 13.8. The third-order valence-electron chi connectivity index (χ3n) is 5.53. The fourth-order valence-corrected chi connectivity index (χ4v) is 4.07. The van der Waals surface area contributed by atoms with Gasteiger partial charge in [-0.3, -0.25) is 0 Å². The lowest BCUT2D eigenvalue weighted by atomic mass is 9.77. The molecule has 1 aliphatic rings. The summed E-state index contributed by atoms with van der Waals surface area (Å²) in [5.41, 5.74) is 1.26. The smallest absolute Gasteiger partial charge is 0.206 e. The largest absolute Gasteiger partial charge is 0.419 e. The van der Waals surface area contributed by atoms with Crippen LogP contribution in [0, 0.1) is 11.7 Å². The van der Waals surface area contributed by atoms with Crippen LogP contribution in [-0.2, 0) is 6.18 Å². The zero-order valence-electron chi connectivity index (χ0n) is 15.0. The van der Waals surface area contributed by atoms with Gasteiger partial charge in [-0.25, -0.2) is 4.39 Å². The van der Waals surface area contributed by atoms with E-state index < -0.39 is 17.6 Å². The number of hydrogen-bond acceptors (Lipinski definition) is 0. The number of alkyl halides is 3. The summed E-state index contributed by atoms with van der Waals surface area (Å²) in [5, 5.41) is 0. The second-order valence-corrected chi connectivity index (χ2v) is 7.32. The minimum absolute atomic E-state index is 0.466. The lowest BCUT2D eigenvalue weighted by Crippen LogP contribution is -2.13. The zero-order valence-corrected chi connectivity index (χ0v) is 15.0. The Morgan fingerprint density at radius 3 is 2.04 bits per heavy atom. The number of benzene rings is 2. The standard InChI is InChI=1S/C22H24F4/c1-2-3-15-4-6-16(7-5-15)17-8-10-18(11-9-17)19-12-13-20(21(23)14-19)22(24,25)26/h8-16H,2-7H2,1H3/t15-,16-. The molecule has 1 fully saturated rings. The van der Waals surface area contributed by atoms with E-state index in [-0.39, 0.29) is 0 Å². The van der Waals surface area contributed by atoms with Gasteiger partial charge < -0.3 is 0 Å². The fraction of sp³-hybridized carbons (Fsp3) is 0.455. The van der Waals surface area contributed by atoms with E-state index in [2.05, 4.69) is 6.92 Å². The molecule has 0 bridgehead atoms. The molecule has 4 heteroatoms. The molecule has 140 valence electrons. The highest BCUT2D eigenvalue weighted by atomic mass is 19.4. The Morgan fingerprint density at radius 1 is 0.885 bits per heavy atom. The van der Waals surface area contributed by atoms with E-state index >= 15 is 0 Å². The van der Waals surface area contributed by atoms with Crippen molar-refractivity contribution >= 4 is 0 Å². The molecule has 1 saturated carbocycles. The lowest BCUT2D eigenvalue weighted by molar-refractivity contribution is -0.139. The molecule has 0 heterocycles. The van der Waals surface area contributed by atoms with Crippen molar-refractivity contribution in [3.63, 3.8) is 0 Å². The van der Waals surface area contributed by atoms with Gasteiger partial charge in [-0.2, -0.15) is 13.2 Å². The summed E-state index contributed by atoms with van der Waals surface area (Å²) >= 11 is 0. The number of halogens is 4. The van der Waals surface area contributed by atoms with Gasteiger partial charge in [-0.15, -0.1) is 0 Å². The van der Waals surface area contributed by atoms with Crippen LogP contribution in [0.3, 0.4) is 0 Å². The molecular formula is C22H24F4. The molecule has 0 atom stereocenters. The number of hydrogen-bond donors (Lipinski definition) is 0. The molecule has 2 aromatic carbocycles. The summed E-state index contributed by atoms with van der Waals surface area (Å²) < 4.78 is 51.8. The van der Waals surface area contributed by atoms with Crippen molar-refractivity contribution in [3.05, 3.63) is 59.4 Å². The van der Waals surface area contributed by atoms with E-state index in [9.17, 15) is 17.6 Å². The first-order valence-corrected chi connectivity index (χ1v) is 9.35. The van der Waals surface area contributed by atoms with Crippen LogP contribution in [0.5, 0.6) is 0 Å². The normalized spacial score (nSPS) is 21.0. The molecule has 0 saturated heterocycles. The van der Waals surface area contributed by atoms with Crippen LogP contribution in [0.25, 0.3) is 11.1 Å². The van der Waals surface area contributed by atoms with E-state index in [0.29, 0.717) is 11.5 Å². The minimum Gasteiger partial charge on any atom is -0.206 e. The molecule has 0 spiro atoms. The zero-order chi connectivity index (χ0) is 18.7. The molecule has 0 unspecified atom stereocenters. The predicted molar refractivity (Wildman–Crippen MR) is 96.4 cm³/mol. The Morgan fingerprint density at radius 2 is 1.50 bits per heavy atom. The van der Waals surface area contributed by atoms with Crippen LogP contribution in [0.4, 0.5) is 17.6 Å². The first-order chi connectivity index (χ1) is 12.4. The molecule has 0 aromatic heterocycles. The van der Waals surface area contributed by atoms with Gasteiger partial charge in [0.2, 0.25) is 0 Å². The highest BCUT2D eigenvalue weighted by Crippen LogP contribution is 2.38. The van der Waals surface area contributed by atoms with Crippen LogP contribution in [-0.4, -0.2) is 0 Å². The lowest BCUT2D eigenvalue weighted by Gasteiger charge is -2.28. The van der Waals surface area contributed by atoms with E-state index in [1.165, 1.54) is 50.2 Å². The van der Waals surface area contributed by atoms with Gasteiger partial charge in [0.15, 0.2) is 0 Å². The number of rotatable bonds is 4. The fourth-order valence-electron chi connectivity index (χ4n) is 4.07. The SMILES string of the molecule is CCC[C@H]1CC[C@H](c2ccc(-c3ccc(C(F)(F)F)c(F)c3)cc2)CC1. The predicted octanol–water partition coefficient (Wildman–Crippen LogP) is 7.59. The molecule has 2 aromatic rings. The molecule has 0 aliphatic heterocycles. The van der Waals surface area contributed by atoms with Crippen molar-refractivity contribution in [1.82, 2.24) is 0 Å². The molecule has 3 rings (SSSR count). The monoisotopic (exact) mass is 364 g/mol. The molecular weight excluding hydrogens is 340 g/mol. The first kappa shape index (κ1) is 18.9. The summed E-state index contributed by atoms with van der Waals surface area (Å²) in [4.78, 5) is 0. The summed E-state index contributed by atoms with van der Waals surface area (Å²) in [6.07, 6.45) is 2.81. The van der Waals surface area contributed by atoms with Gasteiger partial charge in [-0.05, 0) is 66.3 Å².